The molecule has 0 saturated carbocycles. The molecule has 0 aromatic heterocycles. The Morgan fingerprint density at radius 3 is 2.57 bits per heavy atom. The second-order valence-corrected chi connectivity index (χ2v) is 4.69. The zero-order valence-electron chi connectivity index (χ0n) is 12.3. The summed E-state index contributed by atoms with van der Waals surface area (Å²) in [5.74, 6) is 0.0811. The van der Waals surface area contributed by atoms with Crippen LogP contribution in [0.5, 0.6) is 11.5 Å². The van der Waals surface area contributed by atoms with Crippen LogP contribution in [0.2, 0.25) is 0 Å². The second-order valence-electron chi connectivity index (χ2n) is 4.69. The molecule has 0 saturated heterocycles. The lowest BCUT2D eigenvalue weighted by Crippen LogP contribution is -2.37. The summed E-state index contributed by atoms with van der Waals surface area (Å²) >= 11 is 0. The maximum atomic E-state index is 12.3. The van der Waals surface area contributed by atoms with Crippen molar-refractivity contribution in [2.75, 3.05) is 13.7 Å². The molecule has 0 aliphatic carbocycles. The van der Waals surface area contributed by atoms with Crippen LogP contribution in [0.25, 0.3) is 0 Å². The van der Waals surface area contributed by atoms with Crippen molar-refractivity contribution in [3.63, 3.8) is 0 Å². The number of hydrogen-bond acceptors (Lipinski definition) is 4. The first-order chi connectivity index (χ1) is 9.92. The number of rotatable bonds is 8. The van der Waals surface area contributed by atoms with Crippen molar-refractivity contribution < 1.29 is 23.0 Å². The zero-order chi connectivity index (χ0) is 15.8. The highest BCUT2D eigenvalue weighted by molar-refractivity contribution is 5.78. The first-order valence-electron chi connectivity index (χ1n) is 6.54. The summed E-state index contributed by atoms with van der Waals surface area (Å²) in [4.78, 5) is 11.4. The van der Waals surface area contributed by atoms with Crippen molar-refractivity contribution in [2.24, 2.45) is 0 Å². The molecule has 0 radical (unpaired) electrons. The number of alkyl halides is 2. The van der Waals surface area contributed by atoms with Gasteiger partial charge in [-0.2, -0.15) is 8.78 Å². The lowest BCUT2D eigenvalue weighted by Gasteiger charge is -2.12. The first kappa shape index (κ1) is 17.2. The molecule has 1 aromatic rings. The van der Waals surface area contributed by atoms with E-state index in [2.05, 4.69) is 15.4 Å². The molecular formula is C14H20F2N2O3. The summed E-state index contributed by atoms with van der Waals surface area (Å²) in [6.45, 7) is 1.33. The van der Waals surface area contributed by atoms with Crippen LogP contribution in [-0.2, 0) is 11.3 Å². The summed E-state index contributed by atoms with van der Waals surface area (Å²) in [5.41, 5.74) is 0.712. The van der Waals surface area contributed by atoms with E-state index in [1.54, 1.807) is 12.1 Å². The predicted octanol–water partition coefficient (Wildman–Crippen LogP) is 1.91. The molecule has 1 rings (SSSR count). The molecule has 118 valence electrons. The summed E-state index contributed by atoms with van der Waals surface area (Å²) in [6, 6.07) is 4.79. The average Bonchev–Trinajstić information content (AvgIpc) is 2.37. The van der Waals surface area contributed by atoms with E-state index in [1.807, 2.05) is 13.8 Å². The van der Waals surface area contributed by atoms with Crippen LogP contribution >= 0.6 is 0 Å². The van der Waals surface area contributed by atoms with E-state index < -0.39 is 6.61 Å². The molecule has 0 atom stereocenters. The fourth-order valence-electron chi connectivity index (χ4n) is 1.71. The Labute approximate surface area is 122 Å². The van der Waals surface area contributed by atoms with E-state index in [-0.39, 0.29) is 30.0 Å². The molecule has 0 aliphatic rings. The topological polar surface area (TPSA) is 59.6 Å². The number of methoxy groups -OCH3 is 1. The highest BCUT2D eigenvalue weighted by Crippen LogP contribution is 2.29. The Morgan fingerprint density at radius 2 is 2.00 bits per heavy atom. The Balaban J connectivity index is 2.57. The Morgan fingerprint density at radius 1 is 1.29 bits per heavy atom. The smallest absolute Gasteiger partial charge is 0.387 e. The number of carbonyl (C=O) groups excluding carboxylic acids is 1. The fraction of sp³-hybridized carbons (Fsp3) is 0.500. The van der Waals surface area contributed by atoms with E-state index in [0.717, 1.165) is 0 Å². The van der Waals surface area contributed by atoms with Gasteiger partial charge in [-0.3, -0.25) is 4.79 Å². The van der Waals surface area contributed by atoms with E-state index in [4.69, 9.17) is 4.74 Å². The van der Waals surface area contributed by atoms with E-state index in [1.165, 1.54) is 13.2 Å². The minimum absolute atomic E-state index is 0.0292. The molecule has 0 fully saturated rings. The number of nitrogens with one attached hydrogen (secondary N) is 2. The second kappa shape index (κ2) is 8.41. The minimum atomic E-state index is -2.92. The molecule has 1 amide bonds. The van der Waals surface area contributed by atoms with Gasteiger partial charge in [-0.05, 0) is 31.5 Å². The van der Waals surface area contributed by atoms with Gasteiger partial charge in [0.25, 0.3) is 0 Å². The molecule has 0 unspecified atom stereocenters. The van der Waals surface area contributed by atoms with Crippen molar-refractivity contribution >= 4 is 5.91 Å². The van der Waals surface area contributed by atoms with Crippen molar-refractivity contribution in [3.05, 3.63) is 23.8 Å². The summed E-state index contributed by atoms with van der Waals surface area (Å²) in [5, 5.41) is 5.67. The highest BCUT2D eigenvalue weighted by Gasteiger charge is 2.11. The Bertz CT molecular complexity index is 468. The summed E-state index contributed by atoms with van der Waals surface area (Å²) in [7, 11) is 1.38. The maximum absolute atomic E-state index is 12.3. The third kappa shape index (κ3) is 6.40. The fourth-order valence-corrected chi connectivity index (χ4v) is 1.71. The van der Waals surface area contributed by atoms with Crippen molar-refractivity contribution in [1.29, 1.82) is 0 Å². The van der Waals surface area contributed by atoms with Crippen LogP contribution in [0, 0.1) is 0 Å². The van der Waals surface area contributed by atoms with Gasteiger partial charge in [-0.15, -0.1) is 0 Å². The standard InChI is InChI=1S/C14H20F2N2O3/c1-9(2)18-13(19)8-17-7-10-4-5-11(20-3)12(6-10)21-14(15)16/h4-6,9,14,17H,7-8H2,1-3H3,(H,18,19). The van der Waals surface area contributed by atoms with Gasteiger partial charge in [0.2, 0.25) is 5.91 Å². The molecule has 0 bridgehead atoms. The molecule has 7 heteroatoms. The molecule has 5 nitrogen and oxygen atoms in total. The molecule has 2 N–H and O–H groups in total. The quantitative estimate of drug-likeness (QED) is 0.770. The van der Waals surface area contributed by atoms with Gasteiger partial charge < -0.3 is 20.1 Å². The number of ether oxygens (including phenoxy) is 2. The van der Waals surface area contributed by atoms with Crippen molar-refractivity contribution in [3.8, 4) is 11.5 Å². The molecule has 1 aromatic carbocycles. The van der Waals surface area contributed by atoms with Gasteiger partial charge in [0.05, 0.1) is 13.7 Å². The average molecular weight is 302 g/mol. The van der Waals surface area contributed by atoms with E-state index >= 15 is 0 Å². The highest BCUT2D eigenvalue weighted by atomic mass is 19.3. The lowest BCUT2D eigenvalue weighted by atomic mass is 10.2. The normalized spacial score (nSPS) is 10.8. The largest absolute Gasteiger partial charge is 0.493 e. The van der Waals surface area contributed by atoms with Gasteiger partial charge in [-0.25, -0.2) is 0 Å². The van der Waals surface area contributed by atoms with Gasteiger partial charge >= 0.3 is 6.61 Å². The van der Waals surface area contributed by atoms with Crippen LogP contribution in [0.3, 0.4) is 0 Å². The predicted molar refractivity (Wildman–Crippen MR) is 74.6 cm³/mol. The third-order valence-corrected chi connectivity index (χ3v) is 2.51. The Kier molecular flexibility index (Phi) is 6.87. The lowest BCUT2D eigenvalue weighted by molar-refractivity contribution is -0.120. The number of amides is 1. The van der Waals surface area contributed by atoms with Gasteiger partial charge in [0, 0.05) is 12.6 Å². The molecular weight excluding hydrogens is 282 g/mol. The number of halogens is 2. The first-order valence-corrected chi connectivity index (χ1v) is 6.54. The van der Waals surface area contributed by atoms with Crippen LogP contribution < -0.4 is 20.1 Å². The Hall–Kier alpha value is -1.89. The van der Waals surface area contributed by atoms with Gasteiger partial charge in [0.1, 0.15) is 0 Å². The number of benzene rings is 1. The monoisotopic (exact) mass is 302 g/mol. The van der Waals surface area contributed by atoms with Crippen molar-refractivity contribution in [1.82, 2.24) is 10.6 Å². The molecule has 0 spiro atoms. The minimum Gasteiger partial charge on any atom is -0.493 e. The van der Waals surface area contributed by atoms with Crippen LogP contribution in [0.1, 0.15) is 19.4 Å². The summed E-state index contributed by atoms with van der Waals surface area (Å²) < 4.78 is 33.9. The molecule has 21 heavy (non-hydrogen) atoms. The van der Waals surface area contributed by atoms with Crippen LogP contribution in [0.15, 0.2) is 18.2 Å². The molecule has 0 heterocycles. The van der Waals surface area contributed by atoms with Crippen LogP contribution in [0.4, 0.5) is 8.78 Å². The van der Waals surface area contributed by atoms with Crippen molar-refractivity contribution in [2.45, 2.75) is 33.0 Å². The van der Waals surface area contributed by atoms with E-state index in [0.29, 0.717) is 12.1 Å². The van der Waals surface area contributed by atoms with Gasteiger partial charge in [0.15, 0.2) is 11.5 Å². The maximum Gasteiger partial charge on any atom is 0.387 e. The SMILES string of the molecule is COc1ccc(CNCC(=O)NC(C)C)cc1OC(F)F. The number of hydrogen-bond donors (Lipinski definition) is 2. The molecule has 0 aliphatic heterocycles. The summed E-state index contributed by atoms with van der Waals surface area (Å²) in [6.07, 6.45) is 0. The number of carbonyl (C=O) groups is 1. The van der Waals surface area contributed by atoms with Crippen LogP contribution in [-0.4, -0.2) is 32.2 Å². The van der Waals surface area contributed by atoms with Gasteiger partial charge in [-0.1, -0.05) is 6.07 Å². The van der Waals surface area contributed by atoms with E-state index in [9.17, 15) is 13.6 Å². The zero-order valence-corrected chi connectivity index (χ0v) is 12.3. The third-order valence-electron chi connectivity index (χ3n) is 2.51.